The van der Waals surface area contributed by atoms with Crippen LogP contribution in [0.25, 0.3) is 0 Å². The molecule has 0 amide bonds. The van der Waals surface area contributed by atoms with Gasteiger partial charge in [-0.3, -0.25) is 0 Å². The predicted molar refractivity (Wildman–Crippen MR) is 63.1 cm³/mol. The zero-order valence-corrected chi connectivity index (χ0v) is 10.1. The third-order valence-corrected chi connectivity index (χ3v) is 3.04. The van der Waals surface area contributed by atoms with E-state index in [1.54, 1.807) is 0 Å². The van der Waals surface area contributed by atoms with Gasteiger partial charge in [-0.1, -0.05) is 0 Å². The molecular formula is C13H17F2NO2. The van der Waals surface area contributed by atoms with Gasteiger partial charge in [-0.15, -0.1) is 0 Å². The Morgan fingerprint density at radius 1 is 1.33 bits per heavy atom. The first-order chi connectivity index (χ1) is 8.66. The molecular weight excluding hydrogens is 240 g/mol. The lowest BCUT2D eigenvalue weighted by atomic mass is 10.1. The number of halogens is 2. The van der Waals surface area contributed by atoms with Crippen molar-refractivity contribution in [3.63, 3.8) is 0 Å². The van der Waals surface area contributed by atoms with Crippen LogP contribution in [0.3, 0.4) is 0 Å². The molecule has 1 aliphatic heterocycles. The molecule has 1 aliphatic rings. The largest absolute Gasteiger partial charge is 0.381 e. The first-order valence-corrected chi connectivity index (χ1v) is 6.06. The second kappa shape index (κ2) is 6.22. The minimum Gasteiger partial charge on any atom is -0.381 e. The van der Waals surface area contributed by atoms with Crippen LogP contribution < -0.4 is 5.73 Å². The van der Waals surface area contributed by atoms with Gasteiger partial charge in [0.2, 0.25) is 0 Å². The quantitative estimate of drug-likeness (QED) is 0.899. The van der Waals surface area contributed by atoms with Crippen molar-refractivity contribution in [2.75, 3.05) is 19.8 Å². The van der Waals surface area contributed by atoms with Gasteiger partial charge >= 0.3 is 0 Å². The van der Waals surface area contributed by atoms with E-state index in [0.29, 0.717) is 13.2 Å². The van der Waals surface area contributed by atoms with Gasteiger partial charge in [-0.05, 0) is 31.0 Å². The fraction of sp³-hybridized carbons (Fsp3) is 0.538. The molecule has 0 saturated carbocycles. The molecule has 1 unspecified atom stereocenters. The maximum atomic E-state index is 13.5. The second-order valence-corrected chi connectivity index (χ2v) is 4.42. The van der Waals surface area contributed by atoms with Gasteiger partial charge in [0.25, 0.3) is 0 Å². The Balaban J connectivity index is 1.90. The minimum absolute atomic E-state index is 0.0985. The highest BCUT2D eigenvalue weighted by Gasteiger charge is 2.18. The SMILES string of the molecule is NC(COC1CCOCC1)c1cc(F)ccc1F. The van der Waals surface area contributed by atoms with E-state index in [1.165, 1.54) is 0 Å². The third kappa shape index (κ3) is 3.48. The molecule has 2 rings (SSSR count). The summed E-state index contributed by atoms with van der Waals surface area (Å²) in [6, 6.07) is 2.63. The highest BCUT2D eigenvalue weighted by atomic mass is 19.1. The molecule has 2 N–H and O–H groups in total. The number of hydrogen-bond acceptors (Lipinski definition) is 3. The number of nitrogens with two attached hydrogens (primary N) is 1. The van der Waals surface area contributed by atoms with Gasteiger partial charge in [-0.25, -0.2) is 8.78 Å². The molecule has 0 aliphatic carbocycles. The molecule has 0 aromatic heterocycles. The molecule has 1 saturated heterocycles. The average molecular weight is 257 g/mol. The first-order valence-electron chi connectivity index (χ1n) is 6.06. The van der Waals surface area contributed by atoms with E-state index in [4.69, 9.17) is 15.2 Å². The monoisotopic (exact) mass is 257 g/mol. The lowest BCUT2D eigenvalue weighted by molar-refractivity contribution is -0.0360. The van der Waals surface area contributed by atoms with E-state index >= 15 is 0 Å². The fourth-order valence-electron chi connectivity index (χ4n) is 1.97. The third-order valence-electron chi connectivity index (χ3n) is 3.04. The minimum atomic E-state index is -0.649. The van der Waals surface area contributed by atoms with Gasteiger partial charge in [-0.2, -0.15) is 0 Å². The van der Waals surface area contributed by atoms with Crippen molar-refractivity contribution in [1.29, 1.82) is 0 Å². The van der Waals surface area contributed by atoms with Crippen LogP contribution in [0.15, 0.2) is 18.2 Å². The fourth-order valence-corrected chi connectivity index (χ4v) is 1.97. The maximum absolute atomic E-state index is 13.5. The van der Waals surface area contributed by atoms with E-state index in [-0.39, 0.29) is 18.3 Å². The Bertz CT molecular complexity index is 395. The topological polar surface area (TPSA) is 44.5 Å². The smallest absolute Gasteiger partial charge is 0.128 e. The Hall–Kier alpha value is -1.04. The van der Waals surface area contributed by atoms with Crippen LogP contribution in [0.4, 0.5) is 8.78 Å². The van der Waals surface area contributed by atoms with Gasteiger partial charge in [0.15, 0.2) is 0 Å². The maximum Gasteiger partial charge on any atom is 0.128 e. The van der Waals surface area contributed by atoms with Crippen molar-refractivity contribution in [3.05, 3.63) is 35.4 Å². The summed E-state index contributed by atoms with van der Waals surface area (Å²) in [6.45, 7) is 1.54. The summed E-state index contributed by atoms with van der Waals surface area (Å²) in [4.78, 5) is 0. The van der Waals surface area contributed by atoms with Gasteiger partial charge in [0, 0.05) is 18.8 Å². The molecule has 1 heterocycles. The molecule has 0 radical (unpaired) electrons. The summed E-state index contributed by atoms with van der Waals surface area (Å²) >= 11 is 0. The highest BCUT2D eigenvalue weighted by molar-refractivity contribution is 5.22. The molecule has 18 heavy (non-hydrogen) atoms. The highest BCUT2D eigenvalue weighted by Crippen LogP contribution is 2.19. The molecule has 1 fully saturated rings. The lowest BCUT2D eigenvalue weighted by Crippen LogP contribution is -2.27. The zero-order chi connectivity index (χ0) is 13.0. The van der Waals surface area contributed by atoms with Crippen LogP contribution in [0, 0.1) is 11.6 Å². The Kier molecular flexibility index (Phi) is 4.63. The summed E-state index contributed by atoms with van der Waals surface area (Å²) < 4.78 is 37.3. The molecule has 3 nitrogen and oxygen atoms in total. The van der Waals surface area contributed by atoms with Crippen molar-refractivity contribution < 1.29 is 18.3 Å². The van der Waals surface area contributed by atoms with E-state index in [0.717, 1.165) is 31.0 Å². The van der Waals surface area contributed by atoms with Crippen molar-refractivity contribution >= 4 is 0 Å². The summed E-state index contributed by atoms with van der Waals surface area (Å²) in [5.74, 6) is -0.993. The molecule has 0 bridgehead atoms. The van der Waals surface area contributed by atoms with Crippen LogP contribution in [0.2, 0.25) is 0 Å². The molecule has 1 atom stereocenters. The second-order valence-electron chi connectivity index (χ2n) is 4.42. The zero-order valence-electron chi connectivity index (χ0n) is 10.1. The Labute approximate surface area is 105 Å². The lowest BCUT2D eigenvalue weighted by Gasteiger charge is -2.24. The Morgan fingerprint density at radius 3 is 2.78 bits per heavy atom. The van der Waals surface area contributed by atoms with Crippen LogP contribution in [0.1, 0.15) is 24.4 Å². The van der Waals surface area contributed by atoms with Crippen molar-refractivity contribution in [2.24, 2.45) is 5.73 Å². The predicted octanol–water partition coefficient (Wildman–Crippen LogP) is 2.16. The van der Waals surface area contributed by atoms with E-state index in [1.807, 2.05) is 0 Å². The summed E-state index contributed by atoms with van der Waals surface area (Å²) in [6.07, 6.45) is 1.73. The summed E-state index contributed by atoms with van der Waals surface area (Å²) in [7, 11) is 0. The molecule has 100 valence electrons. The van der Waals surface area contributed by atoms with E-state index in [2.05, 4.69) is 0 Å². The van der Waals surface area contributed by atoms with E-state index in [9.17, 15) is 8.78 Å². The molecule has 0 spiro atoms. The number of rotatable bonds is 4. The number of hydrogen-bond donors (Lipinski definition) is 1. The van der Waals surface area contributed by atoms with Gasteiger partial charge < -0.3 is 15.2 Å². The van der Waals surface area contributed by atoms with Crippen molar-refractivity contribution in [1.82, 2.24) is 0 Å². The summed E-state index contributed by atoms with van der Waals surface area (Å²) in [5, 5.41) is 0. The molecule has 1 aromatic carbocycles. The molecule has 1 aromatic rings. The van der Waals surface area contributed by atoms with Crippen LogP contribution >= 0.6 is 0 Å². The molecule has 5 heteroatoms. The van der Waals surface area contributed by atoms with Crippen molar-refractivity contribution in [3.8, 4) is 0 Å². The average Bonchev–Trinajstić information content (AvgIpc) is 2.40. The van der Waals surface area contributed by atoms with Crippen molar-refractivity contribution in [2.45, 2.75) is 25.0 Å². The first kappa shape index (κ1) is 13.4. The van der Waals surface area contributed by atoms with Crippen LogP contribution in [-0.2, 0) is 9.47 Å². The van der Waals surface area contributed by atoms with Gasteiger partial charge in [0.1, 0.15) is 11.6 Å². The Morgan fingerprint density at radius 2 is 2.06 bits per heavy atom. The standard InChI is InChI=1S/C13H17F2NO2/c14-9-1-2-12(15)11(7-9)13(16)8-18-10-3-5-17-6-4-10/h1-2,7,10,13H,3-6,8,16H2. The number of ether oxygens (including phenoxy) is 2. The van der Waals surface area contributed by atoms with Crippen LogP contribution in [0.5, 0.6) is 0 Å². The normalized spacial score (nSPS) is 18.8. The van der Waals surface area contributed by atoms with Gasteiger partial charge in [0.05, 0.1) is 18.8 Å². The van der Waals surface area contributed by atoms with E-state index < -0.39 is 17.7 Å². The summed E-state index contributed by atoms with van der Waals surface area (Å²) in [5.41, 5.74) is 5.97. The number of benzene rings is 1. The van der Waals surface area contributed by atoms with Crippen LogP contribution in [-0.4, -0.2) is 25.9 Å².